The number of hydrogen-bond donors (Lipinski definition) is 4. The van der Waals surface area contributed by atoms with Crippen molar-refractivity contribution in [1.29, 1.82) is 5.26 Å². The maximum absolute atomic E-state index is 13.1. The first-order chi connectivity index (χ1) is 9.73. The summed E-state index contributed by atoms with van der Waals surface area (Å²) in [7, 11) is 0. The van der Waals surface area contributed by atoms with E-state index in [0.717, 1.165) is 12.1 Å². The number of urea groups is 1. The standard InChI is InChI=1S/C13H14FN3O4/c1-13(21,5-11(18)19)7-16-12(20)17-9-2-3-10(14)8(4-9)6-15/h2-4,21H,5,7H2,1H3,(H,18,19)(H2,16,17,20). The van der Waals surface area contributed by atoms with Crippen LogP contribution in [0.25, 0.3) is 0 Å². The van der Waals surface area contributed by atoms with Gasteiger partial charge in [-0.3, -0.25) is 4.79 Å². The van der Waals surface area contributed by atoms with E-state index >= 15 is 0 Å². The van der Waals surface area contributed by atoms with E-state index in [2.05, 4.69) is 10.6 Å². The topological polar surface area (TPSA) is 122 Å². The van der Waals surface area contributed by atoms with Gasteiger partial charge in [0.15, 0.2) is 0 Å². The van der Waals surface area contributed by atoms with Crippen molar-refractivity contribution in [3.63, 3.8) is 0 Å². The van der Waals surface area contributed by atoms with Gasteiger partial charge in [-0.1, -0.05) is 0 Å². The lowest BCUT2D eigenvalue weighted by Crippen LogP contribution is -2.43. The number of nitriles is 1. The number of nitrogens with one attached hydrogen (secondary N) is 2. The lowest BCUT2D eigenvalue weighted by atomic mass is 10.0. The number of aliphatic hydroxyl groups is 1. The highest BCUT2D eigenvalue weighted by atomic mass is 19.1. The summed E-state index contributed by atoms with van der Waals surface area (Å²) in [6, 6.07) is 4.39. The van der Waals surface area contributed by atoms with Gasteiger partial charge in [-0.05, 0) is 25.1 Å². The third kappa shape index (κ3) is 5.46. The van der Waals surface area contributed by atoms with Gasteiger partial charge in [-0.15, -0.1) is 0 Å². The normalized spacial score (nSPS) is 12.9. The molecule has 0 aromatic heterocycles. The number of carboxylic acid groups (broad SMARTS) is 1. The number of aliphatic carboxylic acids is 1. The Balaban J connectivity index is 2.59. The Labute approximate surface area is 120 Å². The number of amides is 2. The van der Waals surface area contributed by atoms with Crippen LogP contribution >= 0.6 is 0 Å². The lowest BCUT2D eigenvalue weighted by Gasteiger charge is -2.21. The first-order valence-electron chi connectivity index (χ1n) is 5.92. The monoisotopic (exact) mass is 295 g/mol. The van der Waals surface area contributed by atoms with Crippen molar-refractivity contribution in [2.45, 2.75) is 18.9 Å². The van der Waals surface area contributed by atoms with Crippen LogP contribution in [0.2, 0.25) is 0 Å². The minimum atomic E-state index is -1.59. The van der Waals surface area contributed by atoms with E-state index in [4.69, 9.17) is 10.4 Å². The predicted octanol–water partition coefficient (Wildman–Crippen LogP) is 1.04. The van der Waals surface area contributed by atoms with Crippen molar-refractivity contribution < 1.29 is 24.2 Å². The van der Waals surface area contributed by atoms with Gasteiger partial charge in [-0.2, -0.15) is 5.26 Å². The highest BCUT2D eigenvalue weighted by molar-refractivity contribution is 5.89. The Bertz CT molecular complexity index is 596. The minimum absolute atomic E-state index is 0.198. The van der Waals surface area contributed by atoms with Crippen molar-refractivity contribution in [3.05, 3.63) is 29.6 Å². The Morgan fingerprint density at radius 2 is 2.14 bits per heavy atom. The fourth-order valence-electron chi connectivity index (χ4n) is 1.52. The molecule has 0 aliphatic heterocycles. The van der Waals surface area contributed by atoms with Gasteiger partial charge in [-0.25, -0.2) is 9.18 Å². The zero-order valence-electron chi connectivity index (χ0n) is 11.2. The van der Waals surface area contributed by atoms with E-state index in [0.29, 0.717) is 0 Å². The third-order valence-corrected chi connectivity index (χ3v) is 2.51. The van der Waals surface area contributed by atoms with E-state index in [-0.39, 0.29) is 17.8 Å². The van der Waals surface area contributed by atoms with Crippen LogP contribution in [0.3, 0.4) is 0 Å². The molecule has 1 atom stereocenters. The van der Waals surface area contributed by atoms with E-state index in [1.54, 1.807) is 6.07 Å². The number of rotatable bonds is 5. The molecule has 4 N–H and O–H groups in total. The summed E-state index contributed by atoms with van der Waals surface area (Å²) in [5, 5.41) is 31.6. The molecule has 0 aliphatic carbocycles. The number of nitrogens with zero attached hydrogens (tertiary/aromatic N) is 1. The van der Waals surface area contributed by atoms with Crippen molar-refractivity contribution in [2.24, 2.45) is 0 Å². The molecule has 0 radical (unpaired) electrons. The SMILES string of the molecule is CC(O)(CNC(=O)Nc1ccc(F)c(C#N)c1)CC(=O)O. The largest absolute Gasteiger partial charge is 0.481 e. The quantitative estimate of drug-likeness (QED) is 0.646. The average Bonchev–Trinajstić information content (AvgIpc) is 2.37. The molecular formula is C13H14FN3O4. The molecule has 0 bridgehead atoms. The van der Waals surface area contributed by atoms with E-state index in [1.807, 2.05) is 0 Å². The summed E-state index contributed by atoms with van der Waals surface area (Å²) in [5.41, 5.74) is -1.61. The van der Waals surface area contributed by atoms with Crippen LogP contribution in [-0.2, 0) is 4.79 Å². The number of anilines is 1. The second-order valence-corrected chi connectivity index (χ2v) is 4.68. The molecule has 0 aliphatic rings. The second kappa shape index (κ2) is 6.67. The Kier molecular flexibility index (Phi) is 5.21. The molecule has 0 saturated carbocycles. The number of hydrogen-bond acceptors (Lipinski definition) is 4. The van der Waals surface area contributed by atoms with Crippen LogP contribution in [-0.4, -0.2) is 34.4 Å². The van der Waals surface area contributed by atoms with E-state index in [9.17, 15) is 19.1 Å². The van der Waals surface area contributed by atoms with Crippen LogP contribution in [0.1, 0.15) is 18.9 Å². The molecule has 1 aromatic carbocycles. The zero-order valence-corrected chi connectivity index (χ0v) is 11.2. The molecule has 1 rings (SSSR count). The zero-order chi connectivity index (χ0) is 16.0. The molecule has 0 heterocycles. The third-order valence-electron chi connectivity index (χ3n) is 2.51. The number of benzene rings is 1. The van der Waals surface area contributed by atoms with Crippen molar-refractivity contribution in [1.82, 2.24) is 5.32 Å². The molecule has 7 nitrogen and oxygen atoms in total. The molecule has 2 amide bonds. The van der Waals surface area contributed by atoms with Crippen LogP contribution in [0.5, 0.6) is 0 Å². The summed E-state index contributed by atoms with van der Waals surface area (Å²) in [4.78, 5) is 22.1. The summed E-state index contributed by atoms with van der Waals surface area (Å²) in [6.45, 7) is 0.991. The van der Waals surface area contributed by atoms with Crippen LogP contribution in [0.4, 0.5) is 14.9 Å². The van der Waals surface area contributed by atoms with Gasteiger partial charge in [0.1, 0.15) is 11.9 Å². The van der Waals surface area contributed by atoms with Crippen LogP contribution in [0.15, 0.2) is 18.2 Å². The maximum atomic E-state index is 13.1. The molecule has 0 spiro atoms. The van der Waals surface area contributed by atoms with Gasteiger partial charge in [0, 0.05) is 12.2 Å². The predicted molar refractivity (Wildman–Crippen MR) is 71.0 cm³/mol. The molecule has 1 aromatic rings. The molecule has 0 fully saturated rings. The van der Waals surface area contributed by atoms with Gasteiger partial charge < -0.3 is 20.8 Å². The van der Waals surface area contributed by atoms with Crippen LogP contribution < -0.4 is 10.6 Å². The number of halogens is 1. The highest BCUT2D eigenvalue weighted by Gasteiger charge is 2.24. The van der Waals surface area contributed by atoms with Crippen molar-refractivity contribution in [3.8, 4) is 6.07 Å². The molecule has 0 saturated heterocycles. The maximum Gasteiger partial charge on any atom is 0.319 e. The lowest BCUT2D eigenvalue weighted by molar-refractivity contribution is -0.141. The summed E-state index contributed by atoms with van der Waals surface area (Å²) >= 11 is 0. The number of carboxylic acids is 1. The smallest absolute Gasteiger partial charge is 0.319 e. The Morgan fingerprint density at radius 3 is 2.71 bits per heavy atom. The summed E-state index contributed by atoms with van der Waals surface area (Å²) in [5.74, 6) is -1.90. The molecule has 8 heteroatoms. The van der Waals surface area contributed by atoms with E-state index in [1.165, 1.54) is 13.0 Å². The van der Waals surface area contributed by atoms with Gasteiger partial charge >= 0.3 is 12.0 Å². The van der Waals surface area contributed by atoms with E-state index < -0.39 is 29.8 Å². The van der Waals surface area contributed by atoms with Gasteiger partial charge in [0.25, 0.3) is 0 Å². The fourth-order valence-corrected chi connectivity index (χ4v) is 1.52. The van der Waals surface area contributed by atoms with Crippen LogP contribution in [0, 0.1) is 17.1 Å². The highest BCUT2D eigenvalue weighted by Crippen LogP contribution is 2.14. The van der Waals surface area contributed by atoms with Crippen molar-refractivity contribution >= 4 is 17.7 Å². The number of carbonyl (C=O) groups excluding carboxylic acids is 1. The molecular weight excluding hydrogens is 281 g/mol. The summed E-state index contributed by atoms with van der Waals surface area (Å²) < 4.78 is 13.1. The Morgan fingerprint density at radius 1 is 1.48 bits per heavy atom. The fraction of sp³-hybridized carbons (Fsp3) is 0.308. The molecule has 1 unspecified atom stereocenters. The number of carbonyl (C=O) groups is 2. The van der Waals surface area contributed by atoms with Crippen molar-refractivity contribution in [2.75, 3.05) is 11.9 Å². The molecule has 21 heavy (non-hydrogen) atoms. The second-order valence-electron chi connectivity index (χ2n) is 4.68. The first kappa shape index (κ1) is 16.4. The van der Waals surface area contributed by atoms with Gasteiger partial charge in [0.05, 0.1) is 17.6 Å². The first-order valence-corrected chi connectivity index (χ1v) is 5.92. The Hall–Kier alpha value is -2.66. The minimum Gasteiger partial charge on any atom is -0.481 e. The average molecular weight is 295 g/mol. The van der Waals surface area contributed by atoms with Gasteiger partial charge in [0.2, 0.25) is 0 Å². The molecule has 112 valence electrons. The summed E-state index contributed by atoms with van der Waals surface area (Å²) in [6.07, 6.45) is -0.525.